The summed E-state index contributed by atoms with van der Waals surface area (Å²) >= 11 is 1.39. The average Bonchev–Trinajstić information content (AvgIpc) is 2.77. The summed E-state index contributed by atoms with van der Waals surface area (Å²) in [6.45, 7) is 1.04. The molecule has 1 saturated heterocycles. The van der Waals surface area contributed by atoms with Crippen LogP contribution in [0.25, 0.3) is 5.76 Å². The van der Waals surface area contributed by atoms with Gasteiger partial charge in [0.05, 0.1) is 6.54 Å². The van der Waals surface area contributed by atoms with Gasteiger partial charge in [-0.2, -0.15) is 0 Å². The molecule has 1 aliphatic heterocycles. The zero-order chi connectivity index (χ0) is 8.39. The molecule has 2 heterocycles. The van der Waals surface area contributed by atoms with Crippen molar-refractivity contribution in [3.05, 3.63) is 22.3 Å². The fourth-order valence-corrected chi connectivity index (χ4v) is 1.56. The van der Waals surface area contributed by atoms with Crippen LogP contribution in [0.1, 0.15) is 5.01 Å². The molecule has 2 rings (SSSR count). The first-order valence-corrected chi connectivity index (χ1v) is 4.41. The highest BCUT2D eigenvalue weighted by molar-refractivity contribution is 7.10. The first kappa shape index (κ1) is 7.57. The van der Waals surface area contributed by atoms with Crippen LogP contribution in [0.3, 0.4) is 0 Å². The largest absolute Gasteiger partial charge is 0.502 e. The van der Waals surface area contributed by atoms with Crippen molar-refractivity contribution in [2.75, 3.05) is 13.3 Å². The van der Waals surface area contributed by atoms with Crippen molar-refractivity contribution in [2.24, 2.45) is 0 Å². The molecule has 0 bridgehead atoms. The molecule has 1 fully saturated rings. The van der Waals surface area contributed by atoms with E-state index in [1.807, 2.05) is 5.38 Å². The summed E-state index contributed by atoms with van der Waals surface area (Å²) in [7, 11) is 0. The molecule has 0 atom stereocenters. The SMILES string of the molecule is OC(=C1CNCO1)c1nccs1. The third-order valence-electron chi connectivity index (χ3n) is 1.53. The van der Waals surface area contributed by atoms with Crippen LogP contribution < -0.4 is 5.32 Å². The van der Waals surface area contributed by atoms with Crippen LogP contribution in [0.2, 0.25) is 0 Å². The lowest BCUT2D eigenvalue weighted by Crippen LogP contribution is -2.05. The van der Waals surface area contributed by atoms with E-state index >= 15 is 0 Å². The molecule has 0 amide bonds. The molecule has 1 aromatic rings. The second kappa shape index (κ2) is 3.12. The number of hydrogen-bond acceptors (Lipinski definition) is 5. The van der Waals surface area contributed by atoms with E-state index in [-0.39, 0.29) is 5.76 Å². The van der Waals surface area contributed by atoms with E-state index in [1.54, 1.807) is 6.20 Å². The third-order valence-corrected chi connectivity index (χ3v) is 2.31. The van der Waals surface area contributed by atoms with Crippen LogP contribution >= 0.6 is 11.3 Å². The molecule has 5 heteroatoms. The molecule has 2 N–H and O–H groups in total. The van der Waals surface area contributed by atoms with Crippen LogP contribution in [0.15, 0.2) is 17.3 Å². The monoisotopic (exact) mass is 184 g/mol. The Bertz CT molecular complexity index is 286. The van der Waals surface area contributed by atoms with Gasteiger partial charge in [0.2, 0.25) is 0 Å². The molecule has 0 aromatic carbocycles. The number of aliphatic hydroxyl groups excluding tert-OH is 1. The van der Waals surface area contributed by atoms with E-state index in [0.29, 0.717) is 24.0 Å². The summed E-state index contributed by atoms with van der Waals surface area (Å²) in [6.07, 6.45) is 1.65. The Morgan fingerprint density at radius 2 is 2.67 bits per heavy atom. The fraction of sp³-hybridized carbons (Fsp3) is 0.286. The summed E-state index contributed by atoms with van der Waals surface area (Å²) in [6, 6.07) is 0. The standard InChI is InChI=1S/C7H8N2O2S/c10-6(5-3-8-4-11-5)7-9-1-2-12-7/h1-2,8,10H,3-4H2. The normalized spacial score (nSPS) is 20.7. The van der Waals surface area contributed by atoms with Crippen molar-refractivity contribution in [3.8, 4) is 0 Å². The Morgan fingerprint density at radius 1 is 1.75 bits per heavy atom. The molecule has 1 aromatic heterocycles. The maximum absolute atomic E-state index is 9.57. The molecular formula is C7H8N2O2S. The minimum absolute atomic E-state index is 0.148. The number of thiazole rings is 1. The highest BCUT2D eigenvalue weighted by atomic mass is 32.1. The Labute approximate surface area is 73.5 Å². The maximum atomic E-state index is 9.57. The first-order chi connectivity index (χ1) is 5.88. The lowest BCUT2D eigenvalue weighted by molar-refractivity contribution is 0.247. The summed E-state index contributed by atoms with van der Waals surface area (Å²) in [5, 5.41) is 14.9. The summed E-state index contributed by atoms with van der Waals surface area (Å²) < 4.78 is 5.12. The van der Waals surface area contributed by atoms with Gasteiger partial charge in [0.15, 0.2) is 16.5 Å². The van der Waals surface area contributed by atoms with Crippen molar-refractivity contribution in [3.63, 3.8) is 0 Å². The van der Waals surface area contributed by atoms with Crippen molar-refractivity contribution in [2.45, 2.75) is 0 Å². The number of nitrogens with one attached hydrogen (secondary N) is 1. The van der Waals surface area contributed by atoms with Crippen LogP contribution in [-0.2, 0) is 4.74 Å². The maximum Gasteiger partial charge on any atom is 0.191 e. The number of nitrogens with zero attached hydrogens (tertiary/aromatic N) is 1. The van der Waals surface area contributed by atoms with E-state index in [9.17, 15) is 5.11 Å². The molecule has 0 radical (unpaired) electrons. The molecule has 12 heavy (non-hydrogen) atoms. The quantitative estimate of drug-likeness (QED) is 0.638. The van der Waals surface area contributed by atoms with E-state index < -0.39 is 0 Å². The van der Waals surface area contributed by atoms with E-state index in [1.165, 1.54) is 11.3 Å². The first-order valence-electron chi connectivity index (χ1n) is 3.53. The summed E-state index contributed by atoms with van der Waals surface area (Å²) in [4.78, 5) is 3.96. The molecule has 1 aliphatic rings. The van der Waals surface area contributed by atoms with Gasteiger partial charge >= 0.3 is 0 Å². The Hall–Kier alpha value is -1.07. The Kier molecular flexibility index (Phi) is 1.97. The van der Waals surface area contributed by atoms with E-state index in [4.69, 9.17) is 4.74 Å². The van der Waals surface area contributed by atoms with Gasteiger partial charge in [0.1, 0.15) is 6.73 Å². The Balaban J connectivity index is 2.28. The van der Waals surface area contributed by atoms with Gasteiger partial charge in [-0.25, -0.2) is 4.98 Å². The highest BCUT2D eigenvalue weighted by Crippen LogP contribution is 2.19. The number of aliphatic hydroxyl groups is 1. The second-order valence-corrected chi connectivity index (χ2v) is 3.22. The van der Waals surface area contributed by atoms with Gasteiger partial charge in [0.25, 0.3) is 0 Å². The van der Waals surface area contributed by atoms with Crippen LogP contribution in [0.5, 0.6) is 0 Å². The van der Waals surface area contributed by atoms with Crippen LogP contribution in [-0.4, -0.2) is 23.4 Å². The van der Waals surface area contributed by atoms with Gasteiger partial charge < -0.3 is 9.84 Å². The fourth-order valence-electron chi connectivity index (χ4n) is 0.965. The van der Waals surface area contributed by atoms with Crippen LogP contribution in [0, 0.1) is 0 Å². The molecule has 0 aliphatic carbocycles. The van der Waals surface area contributed by atoms with Crippen molar-refractivity contribution in [1.29, 1.82) is 0 Å². The molecule has 0 saturated carbocycles. The topological polar surface area (TPSA) is 54.4 Å². The van der Waals surface area contributed by atoms with Gasteiger partial charge in [-0.05, 0) is 0 Å². The average molecular weight is 184 g/mol. The predicted molar refractivity (Wildman–Crippen MR) is 45.6 cm³/mol. The Morgan fingerprint density at radius 3 is 3.25 bits per heavy atom. The zero-order valence-corrected chi connectivity index (χ0v) is 7.10. The molecule has 4 nitrogen and oxygen atoms in total. The van der Waals surface area contributed by atoms with Gasteiger partial charge in [0, 0.05) is 11.6 Å². The minimum Gasteiger partial charge on any atom is -0.502 e. The summed E-state index contributed by atoms with van der Waals surface area (Å²) in [5.41, 5.74) is 0. The molecular weight excluding hydrogens is 176 g/mol. The number of aromatic nitrogens is 1. The second-order valence-electron chi connectivity index (χ2n) is 2.32. The van der Waals surface area contributed by atoms with Gasteiger partial charge in [-0.3, -0.25) is 5.32 Å². The van der Waals surface area contributed by atoms with Gasteiger partial charge in [-0.1, -0.05) is 0 Å². The van der Waals surface area contributed by atoms with E-state index in [2.05, 4.69) is 10.3 Å². The van der Waals surface area contributed by atoms with Crippen molar-refractivity contribution < 1.29 is 9.84 Å². The van der Waals surface area contributed by atoms with Crippen molar-refractivity contribution >= 4 is 17.1 Å². The third kappa shape index (κ3) is 1.28. The zero-order valence-electron chi connectivity index (χ0n) is 6.28. The number of rotatable bonds is 1. The number of ether oxygens (including phenoxy) is 1. The van der Waals surface area contributed by atoms with Crippen LogP contribution in [0.4, 0.5) is 0 Å². The van der Waals surface area contributed by atoms with Crippen molar-refractivity contribution in [1.82, 2.24) is 10.3 Å². The number of hydrogen-bond donors (Lipinski definition) is 2. The molecule has 0 spiro atoms. The lowest BCUT2D eigenvalue weighted by atomic mass is 10.4. The molecule has 64 valence electrons. The van der Waals surface area contributed by atoms with E-state index in [0.717, 1.165) is 0 Å². The predicted octanol–water partition coefficient (Wildman–Crippen LogP) is 0.947. The van der Waals surface area contributed by atoms with Gasteiger partial charge in [-0.15, -0.1) is 11.3 Å². The minimum atomic E-state index is 0.148. The molecule has 0 unspecified atom stereocenters. The highest BCUT2D eigenvalue weighted by Gasteiger charge is 2.15. The smallest absolute Gasteiger partial charge is 0.191 e. The summed E-state index contributed by atoms with van der Waals surface area (Å²) in [5.74, 6) is 0.722. The lowest BCUT2D eigenvalue weighted by Gasteiger charge is -1.98.